The molecule has 0 unspecified atom stereocenters. The highest BCUT2D eigenvalue weighted by Gasteiger charge is 2.29. The number of nitrogens with zero attached hydrogens (tertiary/aromatic N) is 4. The summed E-state index contributed by atoms with van der Waals surface area (Å²) in [5, 5.41) is 9.39. The highest BCUT2D eigenvalue weighted by molar-refractivity contribution is 7.23. The van der Waals surface area contributed by atoms with Gasteiger partial charge in [0.25, 0.3) is 5.91 Å². The van der Waals surface area contributed by atoms with Crippen molar-refractivity contribution in [2.24, 2.45) is 0 Å². The molecule has 4 aromatic rings. The summed E-state index contributed by atoms with van der Waals surface area (Å²) in [4.78, 5) is 21.7. The van der Waals surface area contributed by atoms with Gasteiger partial charge in [-0.1, -0.05) is 12.1 Å². The number of halogens is 1. The number of thiazole rings is 1. The quantitative estimate of drug-likeness (QED) is 0.393. The number of thiophene rings is 1. The second-order valence-electron chi connectivity index (χ2n) is 8.02. The topological polar surface area (TPSA) is 63.1 Å². The van der Waals surface area contributed by atoms with Crippen molar-refractivity contribution in [3.05, 3.63) is 52.7 Å². The van der Waals surface area contributed by atoms with Crippen molar-refractivity contribution in [3.8, 4) is 10.6 Å². The number of anilines is 1. The van der Waals surface area contributed by atoms with Crippen LogP contribution in [0.3, 0.4) is 0 Å². The molecule has 5 rings (SSSR count). The SMILES string of the molecule is CCn1ccc(C(=O)Nc2sc3c(c2-c2nc4ccccc4s2)CCN(C(C)C)C3)n1.Cl. The second-order valence-corrected chi connectivity index (χ2v) is 10.2. The second kappa shape index (κ2) is 9.31. The van der Waals surface area contributed by atoms with Crippen molar-refractivity contribution in [3.63, 3.8) is 0 Å². The van der Waals surface area contributed by atoms with Crippen molar-refractivity contribution >= 4 is 56.2 Å². The van der Waals surface area contributed by atoms with Crippen LogP contribution in [-0.4, -0.2) is 38.2 Å². The predicted octanol–water partition coefficient (Wildman–Crippen LogP) is 5.68. The number of hydrogen-bond acceptors (Lipinski definition) is 6. The minimum Gasteiger partial charge on any atom is -0.312 e. The Bertz CT molecular complexity index is 1230. The third-order valence-electron chi connectivity index (χ3n) is 5.75. The van der Waals surface area contributed by atoms with Gasteiger partial charge in [-0.3, -0.25) is 14.4 Å². The van der Waals surface area contributed by atoms with E-state index in [4.69, 9.17) is 4.98 Å². The van der Waals surface area contributed by atoms with Gasteiger partial charge in [-0.15, -0.1) is 35.1 Å². The van der Waals surface area contributed by atoms with Crippen molar-refractivity contribution in [2.75, 3.05) is 11.9 Å². The van der Waals surface area contributed by atoms with E-state index in [0.29, 0.717) is 11.7 Å². The molecule has 1 N–H and O–H groups in total. The smallest absolute Gasteiger partial charge is 0.276 e. The Morgan fingerprint density at radius 3 is 2.75 bits per heavy atom. The summed E-state index contributed by atoms with van der Waals surface area (Å²) in [6.07, 6.45) is 2.80. The number of fused-ring (bicyclic) bond motifs is 2. The Hall–Kier alpha value is -2.26. The Kier molecular flexibility index (Phi) is 6.67. The zero-order chi connectivity index (χ0) is 21.5. The Morgan fingerprint density at radius 1 is 1.22 bits per heavy atom. The molecule has 0 fully saturated rings. The first-order valence-electron chi connectivity index (χ1n) is 10.6. The lowest BCUT2D eigenvalue weighted by molar-refractivity contribution is 0.102. The number of aromatic nitrogens is 3. The predicted molar refractivity (Wildman–Crippen MR) is 135 cm³/mol. The fourth-order valence-corrected chi connectivity index (χ4v) is 6.36. The number of rotatable bonds is 5. The van der Waals surface area contributed by atoms with Crippen LogP contribution >= 0.6 is 35.1 Å². The van der Waals surface area contributed by atoms with Gasteiger partial charge < -0.3 is 5.32 Å². The molecule has 4 heterocycles. The minimum absolute atomic E-state index is 0. The van der Waals surface area contributed by atoms with Crippen molar-refractivity contribution in [2.45, 2.75) is 46.3 Å². The van der Waals surface area contributed by atoms with Gasteiger partial charge in [-0.2, -0.15) is 5.10 Å². The van der Waals surface area contributed by atoms with E-state index in [9.17, 15) is 4.79 Å². The summed E-state index contributed by atoms with van der Waals surface area (Å²) in [6.45, 7) is 9.15. The molecule has 3 aromatic heterocycles. The van der Waals surface area contributed by atoms with Gasteiger partial charge in [-0.25, -0.2) is 4.98 Å². The summed E-state index contributed by atoms with van der Waals surface area (Å²) >= 11 is 3.37. The van der Waals surface area contributed by atoms with E-state index in [1.807, 2.05) is 31.3 Å². The normalized spacial score (nSPS) is 13.9. The number of aryl methyl sites for hydroxylation is 1. The maximum Gasteiger partial charge on any atom is 0.276 e. The van der Waals surface area contributed by atoms with Gasteiger partial charge in [0.15, 0.2) is 5.69 Å². The van der Waals surface area contributed by atoms with E-state index in [1.165, 1.54) is 10.4 Å². The molecule has 0 radical (unpaired) electrons. The van der Waals surface area contributed by atoms with Crippen LogP contribution in [0.2, 0.25) is 0 Å². The lowest BCUT2D eigenvalue weighted by Gasteiger charge is -2.30. The number of nitrogens with one attached hydrogen (secondary N) is 1. The number of amides is 1. The van der Waals surface area contributed by atoms with Crippen LogP contribution < -0.4 is 5.32 Å². The van der Waals surface area contributed by atoms with Crippen molar-refractivity contribution in [1.82, 2.24) is 19.7 Å². The average Bonchev–Trinajstić information content (AvgIpc) is 3.48. The monoisotopic (exact) mass is 487 g/mol. The first kappa shape index (κ1) is 22.9. The fraction of sp³-hybridized carbons (Fsp3) is 0.348. The van der Waals surface area contributed by atoms with Crippen LogP contribution in [0.1, 0.15) is 41.7 Å². The molecule has 9 heteroatoms. The molecule has 1 aliphatic heterocycles. The highest BCUT2D eigenvalue weighted by atomic mass is 35.5. The molecule has 6 nitrogen and oxygen atoms in total. The molecule has 1 aliphatic rings. The van der Waals surface area contributed by atoms with E-state index in [-0.39, 0.29) is 18.3 Å². The number of para-hydroxylation sites is 1. The van der Waals surface area contributed by atoms with Crippen LogP contribution in [0.25, 0.3) is 20.8 Å². The number of carbonyl (C=O) groups is 1. The first-order chi connectivity index (χ1) is 15.0. The van der Waals surface area contributed by atoms with Crippen molar-refractivity contribution < 1.29 is 4.79 Å². The largest absolute Gasteiger partial charge is 0.312 e. The van der Waals surface area contributed by atoms with Crippen LogP contribution in [0, 0.1) is 0 Å². The van der Waals surface area contributed by atoms with E-state index in [1.54, 1.807) is 33.4 Å². The summed E-state index contributed by atoms with van der Waals surface area (Å²) in [6, 6.07) is 10.5. The number of hydrogen-bond donors (Lipinski definition) is 1. The maximum absolute atomic E-state index is 13.0. The van der Waals surface area contributed by atoms with Crippen LogP contribution in [0.4, 0.5) is 5.00 Å². The Balaban J connectivity index is 0.00000245. The molecule has 32 heavy (non-hydrogen) atoms. The lowest BCUT2D eigenvalue weighted by Crippen LogP contribution is -2.35. The summed E-state index contributed by atoms with van der Waals surface area (Å²) in [5.41, 5.74) is 3.86. The summed E-state index contributed by atoms with van der Waals surface area (Å²) in [5.74, 6) is -0.172. The molecule has 1 amide bonds. The van der Waals surface area contributed by atoms with Gasteiger partial charge in [-0.05, 0) is 51.0 Å². The first-order valence-corrected chi connectivity index (χ1v) is 12.3. The van der Waals surface area contributed by atoms with Gasteiger partial charge in [0.1, 0.15) is 10.0 Å². The zero-order valence-corrected chi connectivity index (χ0v) is 20.7. The molecule has 0 saturated carbocycles. The summed E-state index contributed by atoms with van der Waals surface area (Å²) < 4.78 is 2.93. The molecule has 0 spiro atoms. The van der Waals surface area contributed by atoms with Gasteiger partial charge >= 0.3 is 0 Å². The molecule has 0 aliphatic carbocycles. The standard InChI is InChI=1S/C23H25N5OS2.ClH/c1-4-28-12-10-17(26-28)21(29)25-23-20(22-24-16-7-5-6-8-18(16)30-22)15-9-11-27(14(2)3)13-19(15)31-23;/h5-8,10,12,14H,4,9,11,13H2,1-3H3,(H,25,29);1H. The maximum atomic E-state index is 13.0. The van der Waals surface area contributed by atoms with Crippen LogP contribution in [-0.2, 0) is 19.5 Å². The highest BCUT2D eigenvalue weighted by Crippen LogP contribution is 2.46. The zero-order valence-electron chi connectivity index (χ0n) is 18.3. The summed E-state index contributed by atoms with van der Waals surface area (Å²) in [7, 11) is 0. The number of carbonyl (C=O) groups excluding carboxylic acids is 1. The molecule has 0 saturated heterocycles. The molecule has 168 valence electrons. The van der Waals surface area contributed by atoms with E-state index in [2.05, 4.69) is 35.2 Å². The Labute approximate surface area is 201 Å². The lowest BCUT2D eigenvalue weighted by atomic mass is 10.0. The van der Waals surface area contributed by atoms with Gasteiger partial charge in [0, 0.05) is 42.3 Å². The third-order valence-corrected chi connectivity index (χ3v) is 7.93. The molecule has 0 atom stereocenters. The van der Waals surface area contributed by atoms with Gasteiger partial charge in [0.05, 0.1) is 10.2 Å². The van der Waals surface area contributed by atoms with E-state index < -0.39 is 0 Å². The Morgan fingerprint density at radius 2 is 2.03 bits per heavy atom. The van der Waals surface area contributed by atoms with Crippen LogP contribution in [0.15, 0.2) is 36.5 Å². The van der Waals surface area contributed by atoms with E-state index in [0.717, 1.165) is 51.8 Å². The van der Waals surface area contributed by atoms with Crippen molar-refractivity contribution in [1.29, 1.82) is 0 Å². The number of benzene rings is 1. The third kappa shape index (κ3) is 4.20. The molecule has 1 aromatic carbocycles. The fourth-order valence-electron chi connectivity index (χ4n) is 3.98. The molecular formula is C23H26ClN5OS2. The van der Waals surface area contributed by atoms with Crippen LogP contribution in [0.5, 0.6) is 0 Å². The van der Waals surface area contributed by atoms with Gasteiger partial charge in [0.2, 0.25) is 0 Å². The van der Waals surface area contributed by atoms with E-state index >= 15 is 0 Å². The average molecular weight is 488 g/mol. The molecule has 0 bridgehead atoms. The minimum atomic E-state index is -0.172. The molecular weight excluding hydrogens is 462 g/mol.